The van der Waals surface area contributed by atoms with Gasteiger partial charge in [0.05, 0.1) is 12.2 Å². The molecule has 114 valence electrons. The van der Waals surface area contributed by atoms with Gasteiger partial charge in [-0.1, -0.05) is 0 Å². The van der Waals surface area contributed by atoms with Crippen LogP contribution < -0.4 is 10.5 Å². The molecule has 1 aliphatic rings. The maximum absolute atomic E-state index is 12.3. The van der Waals surface area contributed by atoms with Crippen LogP contribution in [0.5, 0.6) is 0 Å². The van der Waals surface area contributed by atoms with Crippen molar-refractivity contribution in [2.45, 2.75) is 33.2 Å². The molecule has 0 atom stereocenters. The Morgan fingerprint density at radius 2 is 2.27 bits per heavy atom. The van der Waals surface area contributed by atoms with Crippen LogP contribution in [0, 0.1) is 13.8 Å². The van der Waals surface area contributed by atoms with E-state index in [1.54, 1.807) is 10.5 Å². The van der Waals surface area contributed by atoms with Gasteiger partial charge in [-0.25, -0.2) is 4.98 Å². The van der Waals surface area contributed by atoms with E-state index in [0.29, 0.717) is 6.54 Å². The van der Waals surface area contributed by atoms with Crippen LogP contribution in [0.3, 0.4) is 0 Å². The second-order valence-electron chi connectivity index (χ2n) is 5.76. The first-order chi connectivity index (χ1) is 10.6. The molecule has 0 saturated heterocycles. The van der Waals surface area contributed by atoms with E-state index in [2.05, 4.69) is 27.0 Å². The van der Waals surface area contributed by atoms with Gasteiger partial charge in [-0.05, 0) is 26.7 Å². The van der Waals surface area contributed by atoms with Gasteiger partial charge in [0.1, 0.15) is 0 Å². The molecular formula is C15H17N5OS. The smallest absolute Gasteiger partial charge is 0.259 e. The van der Waals surface area contributed by atoms with Crippen molar-refractivity contribution in [1.29, 1.82) is 0 Å². The molecule has 0 bridgehead atoms. The van der Waals surface area contributed by atoms with Crippen LogP contribution in [0.2, 0.25) is 0 Å². The lowest BCUT2D eigenvalue weighted by Gasteiger charge is -2.27. The van der Waals surface area contributed by atoms with Crippen LogP contribution in [-0.2, 0) is 13.0 Å². The summed E-state index contributed by atoms with van der Waals surface area (Å²) in [6, 6.07) is 1.64. The van der Waals surface area contributed by atoms with E-state index in [1.807, 2.05) is 12.3 Å². The Bertz CT molecular complexity index is 906. The minimum atomic E-state index is -0.00538. The van der Waals surface area contributed by atoms with Gasteiger partial charge in [-0.3, -0.25) is 14.3 Å². The molecule has 0 fully saturated rings. The first kappa shape index (κ1) is 13.5. The van der Waals surface area contributed by atoms with Gasteiger partial charge in [0.25, 0.3) is 5.56 Å². The highest BCUT2D eigenvalue weighted by Gasteiger charge is 2.22. The molecule has 0 unspecified atom stereocenters. The highest BCUT2D eigenvalue weighted by Crippen LogP contribution is 2.28. The lowest BCUT2D eigenvalue weighted by atomic mass is 10.1. The van der Waals surface area contributed by atoms with Gasteiger partial charge < -0.3 is 4.90 Å². The monoisotopic (exact) mass is 315 g/mol. The number of nitrogens with zero attached hydrogens (tertiary/aromatic N) is 4. The second kappa shape index (κ2) is 4.95. The molecule has 7 heteroatoms. The Morgan fingerprint density at radius 3 is 3.14 bits per heavy atom. The highest BCUT2D eigenvalue weighted by atomic mass is 32.1. The van der Waals surface area contributed by atoms with Crippen molar-refractivity contribution in [1.82, 2.24) is 19.6 Å². The zero-order valence-electron chi connectivity index (χ0n) is 12.6. The Kier molecular flexibility index (Phi) is 3.04. The van der Waals surface area contributed by atoms with Crippen molar-refractivity contribution in [3.8, 4) is 0 Å². The van der Waals surface area contributed by atoms with Crippen LogP contribution >= 0.6 is 11.3 Å². The number of aromatic nitrogens is 4. The number of thiazole rings is 1. The molecule has 1 N–H and O–H groups in total. The van der Waals surface area contributed by atoms with Gasteiger partial charge in [-0.15, -0.1) is 11.3 Å². The van der Waals surface area contributed by atoms with Crippen molar-refractivity contribution in [2.75, 3.05) is 11.4 Å². The fourth-order valence-electron chi connectivity index (χ4n) is 3.08. The standard InChI is InChI=1S/C15H17N5OS/c1-9-8-22-15-16-11(6-13(21)20(9)15)7-19-5-3-4-12-10(2)17-18-14(12)19/h6,8H,3-5,7H2,1-2H3,(H,17,18). The molecule has 0 spiro atoms. The summed E-state index contributed by atoms with van der Waals surface area (Å²) in [6.07, 6.45) is 2.17. The fraction of sp³-hybridized carbons (Fsp3) is 0.400. The molecule has 0 aliphatic carbocycles. The maximum atomic E-state index is 12.3. The second-order valence-corrected chi connectivity index (χ2v) is 6.59. The average Bonchev–Trinajstić information content (AvgIpc) is 3.04. The van der Waals surface area contributed by atoms with Crippen molar-refractivity contribution >= 4 is 22.1 Å². The Balaban J connectivity index is 1.71. The van der Waals surface area contributed by atoms with E-state index in [0.717, 1.165) is 47.2 Å². The third-order valence-electron chi connectivity index (χ3n) is 4.19. The number of nitrogens with one attached hydrogen (secondary N) is 1. The van der Waals surface area contributed by atoms with E-state index in [4.69, 9.17) is 0 Å². The molecule has 4 heterocycles. The zero-order valence-corrected chi connectivity index (χ0v) is 13.4. The van der Waals surface area contributed by atoms with Crippen LogP contribution in [0.1, 0.15) is 29.1 Å². The van der Waals surface area contributed by atoms with Crippen molar-refractivity contribution in [2.24, 2.45) is 0 Å². The summed E-state index contributed by atoms with van der Waals surface area (Å²) in [6.45, 7) is 5.55. The molecule has 6 nitrogen and oxygen atoms in total. The van der Waals surface area contributed by atoms with Gasteiger partial charge in [0.15, 0.2) is 10.8 Å². The normalized spacial score (nSPS) is 14.5. The van der Waals surface area contributed by atoms with E-state index < -0.39 is 0 Å². The van der Waals surface area contributed by atoms with Gasteiger partial charge >= 0.3 is 0 Å². The van der Waals surface area contributed by atoms with E-state index in [-0.39, 0.29) is 5.56 Å². The third-order valence-corrected chi connectivity index (χ3v) is 5.13. The lowest BCUT2D eigenvalue weighted by Crippen LogP contribution is -2.30. The molecule has 22 heavy (non-hydrogen) atoms. The zero-order chi connectivity index (χ0) is 15.3. The highest BCUT2D eigenvalue weighted by molar-refractivity contribution is 7.15. The summed E-state index contributed by atoms with van der Waals surface area (Å²) in [5.41, 5.74) is 4.16. The van der Waals surface area contributed by atoms with Crippen LogP contribution in [-0.4, -0.2) is 26.1 Å². The average molecular weight is 315 g/mol. The van der Waals surface area contributed by atoms with Gasteiger partial charge in [-0.2, -0.15) is 5.10 Å². The summed E-state index contributed by atoms with van der Waals surface area (Å²) in [5, 5.41) is 9.44. The molecular weight excluding hydrogens is 298 g/mol. The quantitative estimate of drug-likeness (QED) is 0.786. The molecule has 3 aromatic heterocycles. The predicted molar refractivity (Wildman–Crippen MR) is 86.8 cm³/mol. The van der Waals surface area contributed by atoms with Crippen molar-refractivity contribution in [3.05, 3.63) is 44.4 Å². The maximum Gasteiger partial charge on any atom is 0.259 e. The molecule has 0 radical (unpaired) electrons. The minimum absolute atomic E-state index is 0.00538. The number of hydrogen-bond acceptors (Lipinski definition) is 5. The summed E-state index contributed by atoms with van der Waals surface area (Å²) >= 11 is 1.51. The SMILES string of the molecule is Cc1[nH]nc2c1CCCN2Cc1cc(=O)n2c(C)csc2n1. The number of aryl methyl sites for hydroxylation is 2. The van der Waals surface area contributed by atoms with E-state index in [9.17, 15) is 4.79 Å². The molecule has 1 aliphatic heterocycles. The molecule has 3 aromatic rings. The van der Waals surface area contributed by atoms with Crippen molar-refractivity contribution in [3.63, 3.8) is 0 Å². The first-order valence-corrected chi connectivity index (χ1v) is 8.27. The van der Waals surface area contributed by atoms with Crippen LogP contribution in [0.25, 0.3) is 4.96 Å². The number of anilines is 1. The molecule has 0 aromatic carbocycles. The fourth-order valence-corrected chi connectivity index (χ4v) is 3.98. The molecule has 0 saturated carbocycles. The predicted octanol–water partition coefficient (Wildman–Crippen LogP) is 2.05. The summed E-state index contributed by atoms with van der Waals surface area (Å²) in [5.74, 6) is 1.01. The number of rotatable bonds is 2. The van der Waals surface area contributed by atoms with Crippen LogP contribution in [0.15, 0.2) is 16.2 Å². The van der Waals surface area contributed by atoms with Gasteiger partial charge in [0, 0.05) is 34.9 Å². The first-order valence-electron chi connectivity index (χ1n) is 7.39. The summed E-state index contributed by atoms with van der Waals surface area (Å²) in [7, 11) is 0. The Morgan fingerprint density at radius 1 is 1.41 bits per heavy atom. The summed E-state index contributed by atoms with van der Waals surface area (Å²) in [4.78, 5) is 19.9. The Hall–Kier alpha value is -2.15. The lowest BCUT2D eigenvalue weighted by molar-refractivity contribution is 0.675. The van der Waals surface area contributed by atoms with Crippen molar-refractivity contribution < 1.29 is 0 Å². The topological polar surface area (TPSA) is 66.3 Å². The number of fused-ring (bicyclic) bond motifs is 2. The number of H-pyrrole nitrogens is 1. The molecule has 4 rings (SSSR count). The van der Waals surface area contributed by atoms with E-state index in [1.165, 1.54) is 16.9 Å². The third kappa shape index (κ3) is 2.04. The Labute approximate surface area is 131 Å². The number of hydrogen-bond donors (Lipinski definition) is 1. The molecule has 0 amide bonds. The van der Waals surface area contributed by atoms with E-state index >= 15 is 0 Å². The number of aromatic amines is 1. The largest absolute Gasteiger partial charge is 0.349 e. The summed E-state index contributed by atoms with van der Waals surface area (Å²) < 4.78 is 1.66. The van der Waals surface area contributed by atoms with Gasteiger partial charge in [0.2, 0.25) is 0 Å². The minimum Gasteiger partial charge on any atom is -0.349 e. The van der Waals surface area contributed by atoms with Crippen LogP contribution in [0.4, 0.5) is 5.82 Å².